The van der Waals surface area contributed by atoms with Gasteiger partial charge in [-0.1, -0.05) is 295 Å². The van der Waals surface area contributed by atoms with Crippen LogP contribution in [0.2, 0.25) is 0 Å². The molecular weight excluding hydrogens is 705 g/mol. The SMILES string of the molecule is CCCCC/C=C\C/C=C/CCCCCCCCOC(=O)CCCCCCCCCCCCCCCCCCCCCCCCCCCCCCCCCCCCC. The van der Waals surface area contributed by atoms with E-state index >= 15 is 0 Å². The molecule has 2 heteroatoms. The smallest absolute Gasteiger partial charge is 0.305 e. The lowest BCUT2D eigenvalue weighted by Gasteiger charge is -2.06. The van der Waals surface area contributed by atoms with Crippen LogP contribution in [0.15, 0.2) is 24.3 Å². The molecule has 0 aliphatic rings. The highest BCUT2D eigenvalue weighted by molar-refractivity contribution is 5.69. The van der Waals surface area contributed by atoms with Crippen LogP contribution in [0.4, 0.5) is 0 Å². The van der Waals surface area contributed by atoms with E-state index in [0.29, 0.717) is 13.0 Å². The van der Waals surface area contributed by atoms with Crippen LogP contribution in [0.25, 0.3) is 0 Å². The zero-order valence-corrected chi connectivity index (χ0v) is 40.3. The minimum absolute atomic E-state index is 0.0219. The van der Waals surface area contributed by atoms with Gasteiger partial charge >= 0.3 is 5.97 Å². The van der Waals surface area contributed by atoms with Gasteiger partial charge in [0.25, 0.3) is 0 Å². The monoisotopic (exact) mass is 813 g/mol. The van der Waals surface area contributed by atoms with E-state index in [1.807, 2.05) is 0 Å². The van der Waals surface area contributed by atoms with Gasteiger partial charge in [0, 0.05) is 6.42 Å². The Bertz CT molecular complexity index is 798. The van der Waals surface area contributed by atoms with Gasteiger partial charge in [-0.25, -0.2) is 0 Å². The van der Waals surface area contributed by atoms with E-state index in [-0.39, 0.29) is 5.97 Å². The first kappa shape index (κ1) is 57.0. The number of carbonyl (C=O) groups is 1. The van der Waals surface area contributed by atoms with Gasteiger partial charge in [0.15, 0.2) is 0 Å². The first-order chi connectivity index (χ1) is 28.8. The average molecular weight is 813 g/mol. The Morgan fingerprint density at radius 1 is 0.293 bits per heavy atom. The van der Waals surface area contributed by atoms with E-state index in [2.05, 4.69) is 38.2 Å². The third-order valence-electron chi connectivity index (χ3n) is 12.6. The second-order valence-electron chi connectivity index (χ2n) is 18.6. The fourth-order valence-corrected chi connectivity index (χ4v) is 8.52. The molecule has 0 radical (unpaired) electrons. The van der Waals surface area contributed by atoms with Crippen LogP contribution in [-0.2, 0) is 9.53 Å². The summed E-state index contributed by atoms with van der Waals surface area (Å²) in [7, 11) is 0. The van der Waals surface area contributed by atoms with Gasteiger partial charge in [-0.2, -0.15) is 0 Å². The summed E-state index contributed by atoms with van der Waals surface area (Å²) in [6.45, 7) is 5.19. The molecule has 0 amide bonds. The van der Waals surface area contributed by atoms with E-state index in [1.165, 1.54) is 283 Å². The molecule has 0 fully saturated rings. The lowest BCUT2D eigenvalue weighted by Crippen LogP contribution is -2.05. The van der Waals surface area contributed by atoms with Crippen LogP contribution < -0.4 is 0 Å². The molecule has 0 saturated heterocycles. The van der Waals surface area contributed by atoms with Crippen LogP contribution in [0.1, 0.15) is 322 Å². The number of carbonyl (C=O) groups excluding carboxylic acids is 1. The summed E-state index contributed by atoms with van der Waals surface area (Å²) in [5.74, 6) is 0.0219. The predicted molar refractivity (Wildman–Crippen MR) is 262 cm³/mol. The minimum Gasteiger partial charge on any atom is -0.466 e. The number of esters is 1. The van der Waals surface area contributed by atoms with Gasteiger partial charge in [0.2, 0.25) is 0 Å². The molecule has 58 heavy (non-hydrogen) atoms. The number of hydrogen-bond acceptors (Lipinski definition) is 2. The lowest BCUT2D eigenvalue weighted by atomic mass is 10.0. The van der Waals surface area contributed by atoms with Crippen molar-refractivity contribution < 1.29 is 9.53 Å². The van der Waals surface area contributed by atoms with Crippen molar-refractivity contribution in [3.05, 3.63) is 24.3 Å². The van der Waals surface area contributed by atoms with Crippen LogP contribution in [-0.4, -0.2) is 12.6 Å². The van der Waals surface area contributed by atoms with Gasteiger partial charge in [-0.05, 0) is 44.9 Å². The second kappa shape index (κ2) is 54.0. The predicted octanol–water partition coefficient (Wildman–Crippen LogP) is 20.4. The van der Waals surface area contributed by atoms with Crippen LogP contribution in [0.5, 0.6) is 0 Å². The number of allylic oxidation sites excluding steroid dienone is 4. The largest absolute Gasteiger partial charge is 0.466 e. The molecular formula is C56H108O2. The molecule has 344 valence electrons. The summed E-state index contributed by atoms with van der Waals surface area (Å²) >= 11 is 0. The Balaban J connectivity index is 3.16. The third kappa shape index (κ3) is 53.0. The molecule has 0 saturated carbocycles. The average Bonchev–Trinajstić information content (AvgIpc) is 3.23. The number of rotatable bonds is 51. The molecule has 0 atom stereocenters. The van der Waals surface area contributed by atoms with Crippen molar-refractivity contribution in [1.29, 1.82) is 0 Å². The van der Waals surface area contributed by atoms with E-state index in [0.717, 1.165) is 19.3 Å². The number of hydrogen-bond donors (Lipinski definition) is 0. The quantitative estimate of drug-likeness (QED) is 0.0347. The van der Waals surface area contributed by atoms with Gasteiger partial charge in [-0.15, -0.1) is 0 Å². The Morgan fingerprint density at radius 3 is 0.862 bits per heavy atom. The van der Waals surface area contributed by atoms with Crippen LogP contribution in [0, 0.1) is 0 Å². The van der Waals surface area contributed by atoms with Crippen molar-refractivity contribution >= 4 is 5.97 Å². The van der Waals surface area contributed by atoms with Crippen molar-refractivity contribution in [2.24, 2.45) is 0 Å². The van der Waals surface area contributed by atoms with Gasteiger partial charge in [-0.3, -0.25) is 4.79 Å². The first-order valence-electron chi connectivity index (χ1n) is 27.3. The summed E-state index contributed by atoms with van der Waals surface area (Å²) in [6.07, 6.45) is 74.9. The summed E-state index contributed by atoms with van der Waals surface area (Å²) in [5.41, 5.74) is 0. The standard InChI is InChI=1S/C56H108O2/c1-3-5-7-9-11-13-15-17-19-21-22-23-24-25-26-27-28-29-30-31-32-33-34-35-36-37-38-39-40-42-44-46-48-50-52-54-56(57)58-55-53-51-49-47-45-43-41-20-18-16-14-12-10-8-6-4-2/h12,14,18,20H,3-11,13,15-17,19,21-55H2,1-2H3/b14-12-,20-18+. The number of unbranched alkanes of at least 4 members (excludes halogenated alkanes) is 43. The molecule has 2 nitrogen and oxygen atoms in total. The zero-order valence-electron chi connectivity index (χ0n) is 40.3. The highest BCUT2D eigenvalue weighted by atomic mass is 16.5. The van der Waals surface area contributed by atoms with E-state index < -0.39 is 0 Å². The highest BCUT2D eigenvalue weighted by Gasteiger charge is 2.03. The Kier molecular flexibility index (Phi) is 53.0. The minimum atomic E-state index is 0.0219. The third-order valence-corrected chi connectivity index (χ3v) is 12.6. The van der Waals surface area contributed by atoms with Crippen molar-refractivity contribution in [2.45, 2.75) is 322 Å². The maximum absolute atomic E-state index is 12.0. The fraction of sp³-hybridized carbons (Fsp3) is 0.911. The van der Waals surface area contributed by atoms with Gasteiger partial charge < -0.3 is 4.74 Å². The summed E-state index contributed by atoms with van der Waals surface area (Å²) in [6, 6.07) is 0. The maximum Gasteiger partial charge on any atom is 0.305 e. The van der Waals surface area contributed by atoms with Gasteiger partial charge in [0.1, 0.15) is 0 Å². The maximum atomic E-state index is 12.0. The number of ether oxygens (including phenoxy) is 1. The fourth-order valence-electron chi connectivity index (χ4n) is 8.52. The normalized spacial score (nSPS) is 11.8. The highest BCUT2D eigenvalue weighted by Crippen LogP contribution is 2.18. The molecule has 0 rings (SSSR count). The molecule has 0 aromatic heterocycles. The molecule has 0 heterocycles. The van der Waals surface area contributed by atoms with Crippen molar-refractivity contribution in [3.63, 3.8) is 0 Å². The second-order valence-corrected chi connectivity index (χ2v) is 18.6. The molecule has 0 aliphatic heterocycles. The Labute approximate surface area is 367 Å². The Hall–Kier alpha value is -1.05. The van der Waals surface area contributed by atoms with E-state index in [9.17, 15) is 4.79 Å². The van der Waals surface area contributed by atoms with Crippen molar-refractivity contribution in [2.75, 3.05) is 6.61 Å². The van der Waals surface area contributed by atoms with Gasteiger partial charge in [0.05, 0.1) is 6.61 Å². The molecule has 0 spiro atoms. The molecule has 0 N–H and O–H groups in total. The summed E-state index contributed by atoms with van der Waals surface area (Å²) < 4.78 is 5.48. The molecule has 0 aliphatic carbocycles. The zero-order chi connectivity index (χ0) is 41.8. The first-order valence-corrected chi connectivity index (χ1v) is 27.3. The Morgan fingerprint density at radius 2 is 0.534 bits per heavy atom. The van der Waals surface area contributed by atoms with Crippen LogP contribution >= 0.6 is 0 Å². The molecule has 0 unspecified atom stereocenters. The molecule has 0 aromatic rings. The molecule has 0 bridgehead atoms. The topological polar surface area (TPSA) is 26.3 Å². The van der Waals surface area contributed by atoms with Crippen molar-refractivity contribution in [1.82, 2.24) is 0 Å². The van der Waals surface area contributed by atoms with Crippen LogP contribution in [0.3, 0.4) is 0 Å². The summed E-state index contributed by atoms with van der Waals surface area (Å²) in [4.78, 5) is 12.0. The van der Waals surface area contributed by atoms with E-state index in [4.69, 9.17) is 4.74 Å². The lowest BCUT2D eigenvalue weighted by molar-refractivity contribution is -0.143. The molecule has 0 aromatic carbocycles. The van der Waals surface area contributed by atoms with Crippen molar-refractivity contribution in [3.8, 4) is 0 Å². The van der Waals surface area contributed by atoms with E-state index in [1.54, 1.807) is 0 Å². The summed E-state index contributed by atoms with van der Waals surface area (Å²) in [5, 5.41) is 0.